The number of nitrogens with zero attached hydrogens (tertiary/aromatic N) is 2. The van der Waals surface area contributed by atoms with E-state index >= 15 is 0 Å². The van der Waals surface area contributed by atoms with Crippen LogP contribution in [0.4, 0.5) is 4.79 Å². The molecule has 82 valence electrons. The third kappa shape index (κ3) is 3.96. The van der Waals surface area contributed by atoms with Crippen molar-refractivity contribution in [2.75, 3.05) is 33.7 Å². The van der Waals surface area contributed by atoms with Crippen molar-refractivity contribution < 1.29 is 4.79 Å². The third-order valence-electron chi connectivity index (χ3n) is 2.89. The number of hydrogen-bond donors (Lipinski definition) is 0. The average molecular weight is 263 g/mol. The van der Waals surface area contributed by atoms with Crippen LogP contribution in [0.5, 0.6) is 0 Å². The lowest BCUT2D eigenvalue weighted by Crippen LogP contribution is -2.34. The zero-order valence-electron chi connectivity index (χ0n) is 9.00. The average Bonchev–Trinajstić information content (AvgIpc) is 2.14. The van der Waals surface area contributed by atoms with E-state index in [9.17, 15) is 4.79 Å². The summed E-state index contributed by atoms with van der Waals surface area (Å²) in [6, 6.07) is 0. The van der Waals surface area contributed by atoms with Gasteiger partial charge in [0.1, 0.15) is 0 Å². The van der Waals surface area contributed by atoms with Gasteiger partial charge >= 0.3 is 0 Å². The molecule has 14 heavy (non-hydrogen) atoms. The predicted octanol–water partition coefficient (Wildman–Crippen LogP) is 2.17. The van der Waals surface area contributed by atoms with Gasteiger partial charge in [0.25, 0.3) is 4.82 Å². The van der Waals surface area contributed by atoms with Crippen molar-refractivity contribution in [1.29, 1.82) is 0 Å². The van der Waals surface area contributed by atoms with E-state index in [0.717, 1.165) is 18.9 Å². The van der Waals surface area contributed by atoms with E-state index in [2.05, 4.69) is 27.9 Å². The minimum atomic E-state index is -0.0123. The van der Waals surface area contributed by atoms with Crippen molar-refractivity contribution in [3.8, 4) is 0 Å². The van der Waals surface area contributed by atoms with Crippen molar-refractivity contribution >= 4 is 20.7 Å². The smallest absolute Gasteiger partial charge is 0.289 e. The molecule has 1 aliphatic heterocycles. The number of hydrogen-bond acceptors (Lipinski definition) is 2. The molecule has 0 N–H and O–H groups in total. The summed E-state index contributed by atoms with van der Waals surface area (Å²) >= 11 is 2.95. The Kier molecular flexibility index (Phi) is 4.89. The van der Waals surface area contributed by atoms with Crippen LogP contribution >= 0.6 is 15.9 Å². The van der Waals surface area contributed by atoms with Gasteiger partial charge in [-0.05, 0) is 38.8 Å². The number of amides is 1. The van der Waals surface area contributed by atoms with E-state index < -0.39 is 0 Å². The molecule has 1 rings (SSSR count). The van der Waals surface area contributed by atoms with Crippen molar-refractivity contribution in [2.24, 2.45) is 5.92 Å². The monoisotopic (exact) mass is 262 g/mol. The van der Waals surface area contributed by atoms with Crippen LogP contribution in [0.25, 0.3) is 0 Å². The molecule has 1 fully saturated rings. The summed E-state index contributed by atoms with van der Waals surface area (Å²) in [5, 5.41) is 0. The maximum Gasteiger partial charge on any atom is 0.289 e. The summed E-state index contributed by atoms with van der Waals surface area (Å²) < 4.78 is 0. The van der Waals surface area contributed by atoms with Crippen LogP contribution in [0.3, 0.4) is 0 Å². The zero-order chi connectivity index (χ0) is 10.6. The SMILES string of the molecule is CN1CCCC(CCN(C)C(=O)Br)C1. The van der Waals surface area contributed by atoms with Crippen LogP contribution in [0.1, 0.15) is 19.3 Å². The zero-order valence-corrected chi connectivity index (χ0v) is 10.6. The van der Waals surface area contributed by atoms with Gasteiger partial charge in [-0.3, -0.25) is 4.79 Å². The fraction of sp³-hybridized carbons (Fsp3) is 0.900. The molecule has 1 saturated heterocycles. The van der Waals surface area contributed by atoms with Gasteiger partial charge in [0.2, 0.25) is 0 Å². The molecule has 0 aromatic carbocycles. The second-order valence-corrected chi connectivity index (χ2v) is 4.91. The van der Waals surface area contributed by atoms with Crippen LogP contribution < -0.4 is 0 Å². The minimum Gasteiger partial charge on any atom is -0.336 e. The molecule has 0 saturated carbocycles. The van der Waals surface area contributed by atoms with E-state index in [0.29, 0.717) is 0 Å². The van der Waals surface area contributed by atoms with Crippen LogP contribution in [0.2, 0.25) is 0 Å². The van der Waals surface area contributed by atoms with Crippen molar-refractivity contribution in [3.63, 3.8) is 0 Å². The Labute approximate surface area is 94.6 Å². The van der Waals surface area contributed by atoms with Gasteiger partial charge < -0.3 is 9.80 Å². The Morgan fingerprint density at radius 3 is 2.93 bits per heavy atom. The molecule has 1 aliphatic rings. The number of carbonyl (C=O) groups is 1. The quantitative estimate of drug-likeness (QED) is 0.575. The lowest BCUT2D eigenvalue weighted by Gasteiger charge is -2.30. The van der Waals surface area contributed by atoms with Crippen LogP contribution in [-0.4, -0.2) is 48.3 Å². The number of carbonyl (C=O) groups excluding carboxylic acids is 1. The Morgan fingerprint density at radius 1 is 1.64 bits per heavy atom. The third-order valence-corrected chi connectivity index (χ3v) is 3.50. The molecule has 0 spiro atoms. The number of halogens is 1. The van der Waals surface area contributed by atoms with E-state index in [4.69, 9.17) is 0 Å². The first kappa shape index (κ1) is 12.0. The largest absolute Gasteiger partial charge is 0.336 e. The number of piperidine rings is 1. The fourth-order valence-electron chi connectivity index (χ4n) is 1.97. The van der Waals surface area contributed by atoms with E-state index in [1.165, 1.54) is 25.9 Å². The number of rotatable bonds is 3. The first-order valence-electron chi connectivity index (χ1n) is 5.18. The normalized spacial score (nSPS) is 23.5. The lowest BCUT2D eigenvalue weighted by atomic mass is 9.95. The Balaban J connectivity index is 2.20. The molecule has 0 aliphatic carbocycles. The summed E-state index contributed by atoms with van der Waals surface area (Å²) in [5.74, 6) is 0.767. The molecule has 0 radical (unpaired) electrons. The van der Waals surface area contributed by atoms with Gasteiger partial charge in [0.05, 0.1) is 0 Å². The maximum absolute atomic E-state index is 10.9. The maximum atomic E-state index is 10.9. The second kappa shape index (κ2) is 5.71. The lowest BCUT2D eigenvalue weighted by molar-refractivity contribution is 0.188. The molecule has 1 unspecified atom stereocenters. The molecule has 4 heteroatoms. The molecule has 1 amide bonds. The highest BCUT2D eigenvalue weighted by Gasteiger charge is 2.17. The Hall–Kier alpha value is -0.0900. The van der Waals surface area contributed by atoms with Gasteiger partial charge in [0.15, 0.2) is 0 Å². The van der Waals surface area contributed by atoms with Gasteiger partial charge in [-0.15, -0.1) is 0 Å². The van der Waals surface area contributed by atoms with Gasteiger partial charge in [-0.1, -0.05) is 0 Å². The van der Waals surface area contributed by atoms with Crippen LogP contribution in [0.15, 0.2) is 0 Å². The molecule has 0 bridgehead atoms. The van der Waals surface area contributed by atoms with Crippen molar-refractivity contribution in [1.82, 2.24) is 9.80 Å². The molecular weight excluding hydrogens is 244 g/mol. The van der Waals surface area contributed by atoms with Gasteiger partial charge in [-0.2, -0.15) is 0 Å². The highest BCUT2D eigenvalue weighted by Crippen LogP contribution is 2.18. The van der Waals surface area contributed by atoms with E-state index in [-0.39, 0.29) is 4.82 Å². The summed E-state index contributed by atoms with van der Waals surface area (Å²) in [7, 11) is 4.01. The fourth-order valence-corrected chi connectivity index (χ4v) is 2.15. The van der Waals surface area contributed by atoms with Crippen molar-refractivity contribution in [3.05, 3.63) is 0 Å². The highest BCUT2D eigenvalue weighted by molar-refractivity contribution is 9.18. The summed E-state index contributed by atoms with van der Waals surface area (Å²) in [6.45, 7) is 3.27. The van der Waals surface area contributed by atoms with Crippen LogP contribution in [0, 0.1) is 5.92 Å². The second-order valence-electron chi connectivity index (χ2n) is 4.23. The molecule has 3 nitrogen and oxygen atoms in total. The Bertz CT molecular complexity index is 199. The van der Waals surface area contributed by atoms with Crippen LogP contribution in [-0.2, 0) is 0 Å². The standard InChI is InChI=1S/C10H19BrN2O/c1-12-6-3-4-9(8-12)5-7-13(2)10(11)14/h9H,3-8H2,1-2H3. The van der Waals surface area contributed by atoms with E-state index in [1.807, 2.05) is 7.05 Å². The molecule has 1 heterocycles. The Morgan fingerprint density at radius 2 is 2.36 bits per heavy atom. The molecule has 0 aromatic rings. The summed E-state index contributed by atoms with van der Waals surface area (Å²) in [6.07, 6.45) is 3.74. The first-order chi connectivity index (χ1) is 6.59. The summed E-state index contributed by atoms with van der Waals surface area (Å²) in [4.78, 5) is 15.0. The topological polar surface area (TPSA) is 23.6 Å². The summed E-state index contributed by atoms with van der Waals surface area (Å²) in [5.41, 5.74) is 0. The highest BCUT2D eigenvalue weighted by atomic mass is 79.9. The molecule has 0 aromatic heterocycles. The minimum absolute atomic E-state index is 0.0123. The first-order valence-corrected chi connectivity index (χ1v) is 5.98. The predicted molar refractivity (Wildman–Crippen MR) is 61.8 cm³/mol. The van der Waals surface area contributed by atoms with Gasteiger partial charge in [-0.25, -0.2) is 0 Å². The van der Waals surface area contributed by atoms with Gasteiger partial charge in [0, 0.05) is 36.1 Å². The molecular formula is C10H19BrN2O. The van der Waals surface area contributed by atoms with Crippen molar-refractivity contribution in [2.45, 2.75) is 19.3 Å². The number of likely N-dealkylation sites (tertiary alicyclic amines) is 1. The van der Waals surface area contributed by atoms with E-state index in [1.54, 1.807) is 4.90 Å². The molecule has 1 atom stereocenters.